The molecule has 2 heteroatoms. The van der Waals surface area contributed by atoms with Crippen LogP contribution >= 0.6 is 0 Å². The first-order valence-corrected chi connectivity index (χ1v) is 7.15. The summed E-state index contributed by atoms with van der Waals surface area (Å²) in [7, 11) is 0. The number of benzene rings is 1. The SMILES string of the molecule is OC(CC1CCOCC1)C1CC1c1ccccc1. The maximum absolute atomic E-state index is 10.3. The first-order chi connectivity index (χ1) is 8.84. The van der Waals surface area contributed by atoms with Crippen LogP contribution in [0.5, 0.6) is 0 Å². The molecule has 2 aliphatic rings. The molecule has 2 fully saturated rings. The van der Waals surface area contributed by atoms with Crippen molar-refractivity contribution in [2.24, 2.45) is 11.8 Å². The standard InChI is InChI=1S/C16H22O2/c17-16(10-12-6-8-18-9-7-12)15-11-14(15)13-4-2-1-3-5-13/h1-5,12,14-17H,6-11H2. The Kier molecular flexibility index (Phi) is 3.67. The fourth-order valence-corrected chi connectivity index (χ4v) is 3.22. The highest BCUT2D eigenvalue weighted by molar-refractivity contribution is 5.26. The maximum atomic E-state index is 10.3. The van der Waals surface area contributed by atoms with E-state index < -0.39 is 0 Å². The monoisotopic (exact) mass is 246 g/mol. The minimum absolute atomic E-state index is 0.113. The van der Waals surface area contributed by atoms with Crippen LogP contribution in [0, 0.1) is 11.8 Å². The molecule has 1 aliphatic heterocycles. The van der Waals surface area contributed by atoms with E-state index in [1.165, 1.54) is 5.56 Å². The van der Waals surface area contributed by atoms with Crippen LogP contribution in [0.4, 0.5) is 0 Å². The molecule has 2 nitrogen and oxygen atoms in total. The van der Waals surface area contributed by atoms with Gasteiger partial charge >= 0.3 is 0 Å². The number of hydrogen-bond donors (Lipinski definition) is 1. The Labute approximate surface area is 109 Å². The molecule has 1 aliphatic carbocycles. The van der Waals surface area contributed by atoms with Gasteiger partial charge in [-0.2, -0.15) is 0 Å². The molecule has 3 rings (SSSR count). The highest BCUT2D eigenvalue weighted by Crippen LogP contribution is 2.50. The third kappa shape index (κ3) is 2.76. The zero-order chi connectivity index (χ0) is 12.4. The van der Waals surface area contributed by atoms with E-state index in [-0.39, 0.29) is 6.10 Å². The minimum Gasteiger partial charge on any atom is -0.393 e. The molecule has 0 radical (unpaired) electrons. The number of aliphatic hydroxyl groups is 1. The zero-order valence-electron chi connectivity index (χ0n) is 10.8. The van der Waals surface area contributed by atoms with Crippen LogP contribution in [-0.4, -0.2) is 24.4 Å². The summed E-state index contributed by atoms with van der Waals surface area (Å²) in [4.78, 5) is 0. The number of hydrogen-bond acceptors (Lipinski definition) is 2. The van der Waals surface area contributed by atoms with Crippen molar-refractivity contribution in [3.05, 3.63) is 35.9 Å². The lowest BCUT2D eigenvalue weighted by Gasteiger charge is -2.24. The molecule has 1 aromatic carbocycles. The Hall–Kier alpha value is -0.860. The van der Waals surface area contributed by atoms with Gasteiger partial charge in [0.1, 0.15) is 0 Å². The molecule has 0 aromatic heterocycles. The highest BCUT2D eigenvalue weighted by Gasteiger charge is 2.43. The molecule has 3 atom stereocenters. The van der Waals surface area contributed by atoms with Crippen molar-refractivity contribution < 1.29 is 9.84 Å². The lowest BCUT2D eigenvalue weighted by atomic mass is 9.91. The first-order valence-electron chi connectivity index (χ1n) is 7.15. The predicted molar refractivity (Wildman–Crippen MR) is 71.5 cm³/mol. The normalized spacial score (nSPS) is 30.1. The van der Waals surface area contributed by atoms with E-state index in [2.05, 4.69) is 30.3 Å². The Balaban J connectivity index is 1.51. The van der Waals surface area contributed by atoms with E-state index in [0.29, 0.717) is 17.8 Å². The second-order valence-electron chi connectivity index (χ2n) is 5.78. The van der Waals surface area contributed by atoms with Crippen LogP contribution in [0.1, 0.15) is 37.2 Å². The lowest BCUT2D eigenvalue weighted by molar-refractivity contribution is 0.0385. The number of aliphatic hydroxyl groups excluding tert-OH is 1. The van der Waals surface area contributed by atoms with Gasteiger partial charge in [0, 0.05) is 13.2 Å². The van der Waals surface area contributed by atoms with Crippen molar-refractivity contribution in [1.29, 1.82) is 0 Å². The molecule has 1 saturated carbocycles. The van der Waals surface area contributed by atoms with Gasteiger partial charge in [-0.3, -0.25) is 0 Å². The van der Waals surface area contributed by atoms with Crippen LogP contribution in [0.25, 0.3) is 0 Å². The molecule has 0 amide bonds. The van der Waals surface area contributed by atoms with Crippen molar-refractivity contribution in [3.63, 3.8) is 0 Å². The Morgan fingerprint density at radius 2 is 1.89 bits per heavy atom. The summed E-state index contributed by atoms with van der Waals surface area (Å²) in [5, 5.41) is 10.3. The predicted octanol–water partition coefficient (Wildman–Crippen LogP) is 2.97. The molecule has 0 bridgehead atoms. The fraction of sp³-hybridized carbons (Fsp3) is 0.625. The summed E-state index contributed by atoms with van der Waals surface area (Å²) < 4.78 is 5.37. The smallest absolute Gasteiger partial charge is 0.0577 e. The van der Waals surface area contributed by atoms with E-state index in [0.717, 1.165) is 38.9 Å². The zero-order valence-corrected chi connectivity index (χ0v) is 10.8. The number of rotatable bonds is 4. The average molecular weight is 246 g/mol. The van der Waals surface area contributed by atoms with Crippen LogP contribution in [0.3, 0.4) is 0 Å². The van der Waals surface area contributed by atoms with Gasteiger partial charge in [-0.1, -0.05) is 30.3 Å². The van der Waals surface area contributed by atoms with E-state index in [1.807, 2.05) is 0 Å². The molecule has 1 N–H and O–H groups in total. The Morgan fingerprint density at radius 3 is 2.61 bits per heavy atom. The van der Waals surface area contributed by atoms with Crippen LogP contribution in [-0.2, 0) is 4.74 Å². The van der Waals surface area contributed by atoms with Gasteiger partial charge in [0.25, 0.3) is 0 Å². The topological polar surface area (TPSA) is 29.5 Å². The van der Waals surface area contributed by atoms with Gasteiger partial charge < -0.3 is 9.84 Å². The first kappa shape index (κ1) is 12.2. The van der Waals surface area contributed by atoms with Gasteiger partial charge in [0.2, 0.25) is 0 Å². The van der Waals surface area contributed by atoms with Crippen LogP contribution in [0.15, 0.2) is 30.3 Å². The summed E-state index contributed by atoms with van der Waals surface area (Å²) >= 11 is 0. The quantitative estimate of drug-likeness (QED) is 0.885. The third-order valence-electron chi connectivity index (χ3n) is 4.48. The van der Waals surface area contributed by atoms with Crippen molar-refractivity contribution in [3.8, 4) is 0 Å². The van der Waals surface area contributed by atoms with E-state index in [9.17, 15) is 5.11 Å². The fourth-order valence-electron chi connectivity index (χ4n) is 3.22. The Bertz CT molecular complexity index is 370. The van der Waals surface area contributed by atoms with Gasteiger partial charge in [-0.05, 0) is 49.0 Å². The summed E-state index contributed by atoms with van der Waals surface area (Å²) in [5.74, 6) is 1.77. The largest absolute Gasteiger partial charge is 0.393 e. The van der Waals surface area contributed by atoms with Crippen molar-refractivity contribution in [2.45, 2.75) is 37.7 Å². The highest BCUT2D eigenvalue weighted by atomic mass is 16.5. The van der Waals surface area contributed by atoms with E-state index in [4.69, 9.17) is 4.74 Å². The lowest BCUT2D eigenvalue weighted by Crippen LogP contribution is -2.22. The summed E-state index contributed by atoms with van der Waals surface area (Å²) in [6.45, 7) is 1.76. The van der Waals surface area contributed by atoms with Crippen molar-refractivity contribution >= 4 is 0 Å². The maximum Gasteiger partial charge on any atom is 0.0577 e. The van der Waals surface area contributed by atoms with Crippen molar-refractivity contribution in [1.82, 2.24) is 0 Å². The van der Waals surface area contributed by atoms with Gasteiger partial charge in [-0.25, -0.2) is 0 Å². The third-order valence-corrected chi connectivity index (χ3v) is 4.48. The molecule has 1 saturated heterocycles. The van der Waals surface area contributed by atoms with Gasteiger partial charge in [0.15, 0.2) is 0 Å². The van der Waals surface area contributed by atoms with Crippen molar-refractivity contribution in [2.75, 3.05) is 13.2 Å². The van der Waals surface area contributed by atoms with Crippen LogP contribution < -0.4 is 0 Å². The summed E-state index contributed by atoms with van der Waals surface area (Å²) in [6, 6.07) is 10.6. The second kappa shape index (κ2) is 5.41. The summed E-state index contributed by atoms with van der Waals surface area (Å²) in [5.41, 5.74) is 1.40. The van der Waals surface area contributed by atoms with E-state index >= 15 is 0 Å². The molecule has 98 valence electrons. The number of ether oxygens (including phenoxy) is 1. The minimum atomic E-state index is -0.113. The van der Waals surface area contributed by atoms with Gasteiger partial charge in [-0.15, -0.1) is 0 Å². The molecule has 0 spiro atoms. The molecular formula is C16H22O2. The Morgan fingerprint density at radius 1 is 1.17 bits per heavy atom. The molecule has 1 heterocycles. The molecular weight excluding hydrogens is 224 g/mol. The second-order valence-corrected chi connectivity index (χ2v) is 5.78. The molecule has 1 aromatic rings. The average Bonchev–Trinajstić information content (AvgIpc) is 3.21. The molecule has 3 unspecified atom stereocenters. The summed E-state index contributed by atoms with van der Waals surface area (Å²) in [6.07, 6.45) is 4.27. The van der Waals surface area contributed by atoms with Crippen LogP contribution in [0.2, 0.25) is 0 Å². The molecule has 18 heavy (non-hydrogen) atoms. The van der Waals surface area contributed by atoms with Gasteiger partial charge in [0.05, 0.1) is 6.10 Å². The van der Waals surface area contributed by atoms with E-state index in [1.54, 1.807) is 0 Å².